The van der Waals surface area contributed by atoms with Crippen molar-refractivity contribution in [1.29, 1.82) is 0 Å². The molecule has 0 saturated carbocycles. The third kappa shape index (κ3) is 4.08. The van der Waals surface area contributed by atoms with E-state index in [9.17, 15) is 4.79 Å². The van der Waals surface area contributed by atoms with Gasteiger partial charge in [-0.1, -0.05) is 30.3 Å². The first-order valence-corrected chi connectivity index (χ1v) is 9.64. The summed E-state index contributed by atoms with van der Waals surface area (Å²) in [6, 6.07) is 16.6. The summed E-state index contributed by atoms with van der Waals surface area (Å²) in [5.41, 5.74) is 3.45. The zero-order valence-electron chi connectivity index (χ0n) is 15.8. The number of benzene rings is 2. The molecule has 0 aromatic heterocycles. The molecule has 0 bridgehead atoms. The van der Waals surface area contributed by atoms with Gasteiger partial charge in [-0.3, -0.25) is 9.69 Å². The molecule has 4 rings (SSSR count). The summed E-state index contributed by atoms with van der Waals surface area (Å²) in [6.07, 6.45) is 2.47. The fourth-order valence-corrected chi connectivity index (χ4v) is 4.12. The maximum absolute atomic E-state index is 12.4. The number of rotatable bonds is 3. The van der Waals surface area contributed by atoms with Crippen LogP contribution in [0.5, 0.6) is 5.75 Å². The summed E-state index contributed by atoms with van der Waals surface area (Å²) in [5.74, 6) is 1.03. The second kappa shape index (κ2) is 7.61. The van der Waals surface area contributed by atoms with Crippen LogP contribution in [0.25, 0.3) is 0 Å². The molecule has 5 nitrogen and oxygen atoms in total. The van der Waals surface area contributed by atoms with Gasteiger partial charge < -0.3 is 15.4 Å². The summed E-state index contributed by atoms with van der Waals surface area (Å²) in [7, 11) is 1.69. The van der Waals surface area contributed by atoms with Crippen molar-refractivity contribution in [1.82, 2.24) is 10.2 Å². The fourth-order valence-electron chi connectivity index (χ4n) is 4.12. The fraction of sp³-hybridized carbons (Fsp3) is 0.409. The first-order valence-electron chi connectivity index (χ1n) is 9.64. The van der Waals surface area contributed by atoms with E-state index < -0.39 is 0 Å². The smallest absolute Gasteiger partial charge is 0.222 e. The van der Waals surface area contributed by atoms with Crippen molar-refractivity contribution < 1.29 is 9.53 Å². The van der Waals surface area contributed by atoms with Gasteiger partial charge in [-0.15, -0.1) is 0 Å². The number of carbonyl (C=O) groups is 1. The normalized spacial score (nSPS) is 19.4. The average molecular weight is 365 g/mol. The summed E-state index contributed by atoms with van der Waals surface area (Å²) < 4.78 is 5.24. The Morgan fingerprint density at radius 2 is 1.81 bits per heavy atom. The van der Waals surface area contributed by atoms with E-state index in [1.54, 1.807) is 7.11 Å². The molecule has 1 amide bonds. The number of para-hydroxylation sites is 1. The lowest BCUT2D eigenvalue weighted by atomic mass is 9.82. The number of hydrogen-bond acceptors (Lipinski definition) is 4. The van der Waals surface area contributed by atoms with Crippen molar-refractivity contribution in [2.24, 2.45) is 0 Å². The zero-order chi connectivity index (χ0) is 18.7. The van der Waals surface area contributed by atoms with Gasteiger partial charge >= 0.3 is 0 Å². The lowest BCUT2D eigenvalue weighted by Gasteiger charge is -2.44. The molecule has 5 heteroatoms. The van der Waals surface area contributed by atoms with Crippen molar-refractivity contribution in [2.75, 3.05) is 25.5 Å². The quantitative estimate of drug-likeness (QED) is 0.877. The Kier molecular flexibility index (Phi) is 5.03. The maximum Gasteiger partial charge on any atom is 0.222 e. The summed E-state index contributed by atoms with van der Waals surface area (Å²) >= 11 is 0. The van der Waals surface area contributed by atoms with Crippen LogP contribution in [-0.4, -0.2) is 36.5 Å². The number of hydrogen-bond donors (Lipinski definition) is 2. The third-order valence-electron chi connectivity index (χ3n) is 5.77. The number of nitrogens with zero attached hydrogens (tertiary/aromatic N) is 1. The summed E-state index contributed by atoms with van der Waals surface area (Å²) in [5, 5.41) is 6.81. The van der Waals surface area contributed by atoms with Gasteiger partial charge in [0.15, 0.2) is 0 Å². The Bertz CT molecular complexity index is 795. The minimum absolute atomic E-state index is 0.139. The van der Waals surface area contributed by atoms with Crippen molar-refractivity contribution in [3.8, 4) is 5.75 Å². The van der Waals surface area contributed by atoms with Crippen molar-refractivity contribution in [2.45, 2.75) is 37.9 Å². The molecule has 2 aliphatic rings. The Hall–Kier alpha value is -2.53. The van der Waals surface area contributed by atoms with E-state index in [2.05, 4.69) is 45.9 Å². The molecule has 0 unspecified atom stereocenters. The number of carbonyl (C=O) groups excluding carboxylic acids is 1. The SMILES string of the molecule is COc1ccc(CN2CCC3(CC2)CC(=O)NCc2ccccc2N3)cc1. The molecular weight excluding hydrogens is 338 g/mol. The first-order chi connectivity index (χ1) is 13.2. The largest absolute Gasteiger partial charge is 0.497 e. The molecule has 1 spiro atoms. The molecule has 1 saturated heterocycles. The minimum Gasteiger partial charge on any atom is -0.497 e. The van der Waals surface area contributed by atoms with Crippen molar-refractivity contribution in [3.63, 3.8) is 0 Å². The number of likely N-dealkylation sites (tertiary alicyclic amines) is 1. The molecule has 2 aromatic rings. The van der Waals surface area contributed by atoms with Gasteiger partial charge in [-0.25, -0.2) is 0 Å². The van der Waals surface area contributed by atoms with Crippen LogP contribution in [-0.2, 0) is 17.9 Å². The summed E-state index contributed by atoms with van der Waals surface area (Å²) in [4.78, 5) is 14.8. The van der Waals surface area contributed by atoms with Crippen LogP contribution in [0.3, 0.4) is 0 Å². The van der Waals surface area contributed by atoms with Crippen LogP contribution < -0.4 is 15.4 Å². The number of amides is 1. The average Bonchev–Trinajstić information content (AvgIpc) is 2.69. The molecule has 0 aliphatic carbocycles. The standard InChI is InChI=1S/C22H27N3O2/c1-27-19-8-6-17(7-9-19)16-25-12-10-22(11-13-25)14-21(26)23-15-18-4-2-3-5-20(18)24-22/h2-9,24H,10-16H2,1H3,(H,23,26). The van der Waals surface area contributed by atoms with E-state index >= 15 is 0 Å². The zero-order valence-corrected chi connectivity index (χ0v) is 15.8. The predicted molar refractivity (Wildman–Crippen MR) is 107 cm³/mol. The highest BCUT2D eigenvalue weighted by Crippen LogP contribution is 2.33. The van der Waals surface area contributed by atoms with E-state index in [1.807, 2.05) is 18.2 Å². The lowest BCUT2D eigenvalue weighted by Crippen LogP contribution is -2.52. The predicted octanol–water partition coefficient (Wildman–Crippen LogP) is 3.16. The monoisotopic (exact) mass is 365 g/mol. The van der Waals surface area contributed by atoms with E-state index in [0.717, 1.165) is 49.5 Å². The Morgan fingerprint density at radius 1 is 1.07 bits per heavy atom. The lowest BCUT2D eigenvalue weighted by molar-refractivity contribution is -0.122. The van der Waals surface area contributed by atoms with Crippen molar-refractivity contribution in [3.05, 3.63) is 59.7 Å². The molecule has 2 N–H and O–H groups in total. The van der Waals surface area contributed by atoms with Crippen molar-refractivity contribution >= 4 is 11.6 Å². The van der Waals surface area contributed by atoms with E-state index in [4.69, 9.17) is 4.74 Å². The van der Waals surface area contributed by atoms with Gasteiger partial charge in [0, 0.05) is 43.8 Å². The number of piperidine rings is 1. The highest BCUT2D eigenvalue weighted by molar-refractivity contribution is 5.79. The number of ether oxygens (including phenoxy) is 1. The van der Waals surface area contributed by atoms with Gasteiger partial charge in [0.05, 0.1) is 7.11 Å². The van der Waals surface area contributed by atoms with E-state index in [1.165, 1.54) is 5.56 Å². The topological polar surface area (TPSA) is 53.6 Å². The highest BCUT2D eigenvalue weighted by atomic mass is 16.5. The number of anilines is 1. The Labute approximate surface area is 160 Å². The van der Waals surface area contributed by atoms with Crippen LogP contribution in [0, 0.1) is 0 Å². The number of fused-ring (bicyclic) bond motifs is 1. The van der Waals surface area contributed by atoms with Crippen LogP contribution in [0.4, 0.5) is 5.69 Å². The minimum atomic E-state index is -0.156. The highest BCUT2D eigenvalue weighted by Gasteiger charge is 2.37. The van der Waals surface area contributed by atoms with E-state index in [0.29, 0.717) is 13.0 Å². The summed E-state index contributed by atoms with van der Waals surface area (Å²) in [6.45, 7) is 3.49. The third-order valence-corrected chi connectivity index (χ3v) is 5.77. The second-order valence-electron chi connectivity index (χ2n) is 7.64. The molecule has 0 radical (unpaired) electrons. The maximum atomic E-state index is 12.4. The van der Waals surface area contributed by atoms with Crippen LogP contribution >= 0.6 is 0 Å². The molecule has 0 atom stereocenters. The van der Waals surface area contributed by atoms with Crippen LogP contribution in [0.2, 0.25) is 0 Å². The van der Waals surface area contributed by atoms with Crippen LogP contribution in [0.15, 0.2) is 48.5 Å². The second-order valence-corrected chi connectivity index (χ2v) is 7.64. The van der Waals surface area contributed by atoms with Crippen LogP contribution in [0.1, 0.15) is 30.4 Å². The molecule has 2 heterocycles. The molecule has 1 fully saturated rings. The van der Waals surface area contributed by atoms with Gasteiger partial charge in [-0.2, -0.15) is 0 Å². The number of nitrogens with one attached hydrogen (secondary N) is 2. The molecular formula is C22H27N3O2. The Balaban J connectivity index is 1.44. The number of methoxy groups -OCH3 is 1. The molecule has 2 aromatic carbocycles. The van der Waals surface area contributed by atoms with E-state index in [-0.39, 0.29) is 11.4 Å². The first kappa shape index (κ1) is 17.9. The Morgan fingerprint density at radius 3 is 2.56 bits per heavy atom. The van der Waals surface area contributed by atoms with Gasteiger partial charge in [0.25, 0.3) is 0 Å². The van der Waals surface area contributed by atoms with Gasteiger partial charge in [-0.05, 0) is 42.2 Å². The van der Waals surface area contributed by atoms with Gasteiger partial charge in [0.1, 0.15) is 5.75 Å². The molecule has 2 aliphatic heterocycles. The van der Waals surface area contributed by atoms with Gasteiger partial charge in [0.2, 0.25) is 5.91 Å². The molecule has 27 heavy (non-hydrogen) atoms. The molecule has 142 valence electrons.